The summed E-state index contributed by atoms with van der Waals surface area (Å²) in [5.74, 6) is -0.691. The number of thiazole rings is 1. The number of carbonyl (C=O) groups is 2. The summed E-state index contributed by atoms with van der Waals surface area (Å²) in [5.41, 5.74) is 0.103. The molecule has 7 nitrogen and oxygen atoms in total. The third-order valence-corrected chi connectivity index (χ3v) is 4.06. The summed E-state index contributed by atoms with van der Waals surface area (Å²) in [5, 5.41) is 1.75. The van der Waals surface area contributed by atoms with Gasteiger partial charge in [-0.05, 0) is 6.42 Å². The fourth-order valence-corrected chi connectivity index (χ4v) is 2.72. The molecule has 2 aromatic rings. The molecule has 2 aromatic heterocycles. The molecule has 0 aliphatic heterocycles. The fourth-order valence-electron chi connectivity index (χ4n) is 2.00. The Balaban J connectivity index is 2.44. The lowest BCUT2D eigenvalue weighted by atomic mass is 10.1. The van der Waals surface area contributed by atoms with E-state index in [1.807, 2.05) is 6.92 Å². The maximum Gasteiger partial charge on any atom is 0.271 e. The van der Waals surface area contributed by atoms with E-state index in [2.05, 4.69) is 4.98 Å². The summed E-state index contributed by atoms with van der Waals surface area (Å²) < 4.78 is 1.36. The number of rotatable bonds is 4. The Morgan fingerprint density at radius 2 is 2.00 bits per heavy atom. The minimum absolute atomic E-state index is 0.0347. The van der Waals surface area contributed by atoms with Crippen molar-refractivity contribution in [2.24, 2.45) is 0 Å². The van der Waals surface area contributed by atoms with Crippen LogP contribution in [0.25, 0.3) is 4.96 Å². The van der Waals surface area contributed by atoms with Gasteiger partial charge >= 0.3 is 0 Å². The van der Waals surface area contributed by atoms with E-state index < -0.39 is 11.5 Å². The number of hydrogen-bond donors (Lipinski definition) is 0. The van der Waals surface area contributed by atoms with Crippen molar-refractivity contribution in [1.82, 2.24) is 19.2 Å². The standard InChI is InChI=1S/C14H18N4O3S/c1-5-9-11(12(20)17(4)8-10(19)16(2)3)13(21)18-6-7-22-14(18)15-9/h6-7H,5,8H2,1-4H3. The Labute approximate surface area is 131 Å². The third-order valence-electron chi connectivity index (χ3n) is 3.31. The van der Waals surface area contributed by atoms with Gasteiger partial charge in [0.1, 0.15) is 5.56 Å². The first-order chi connectivity index (χ1) is 10.4. The van der Waals surface area contributed by atoms with E-state index in [1.54, 1.807) is 25.7 Å². The average molecular weight is 322 g/mol. The van der Waals surface area contributed by atoms with Crippen LogP contribution in [0.5, 0.6) is 0 Å². The van der Waals surface area contributed by atoms with Crippen molar-refractivity contribution in [3.05, 3.63) is 33.2 Å². The zero-order valence-electron chi connectivity index (χ0n) is 13.0. The molecule has 0 spiro atoms. The van der Waals surface area contributed by atoms with Gasteiger partial charge in [-0.3, -0.25) is 18.8 Å². The van der Waals surface area contributed by atoms with E-state index in [-0.39, 0.29) is 18.0 Å². The summed E-state index contributed by atoms with van der Waals surface area (Å²) in [6.45, 7) is 1.76. The van der Waals surface area contributed by atoms with Gasteiger partial charge in [0.05, 0.1) is 12.2 Å². The molecular weight excluding hydrogens is 304 g/mol. The lowest BCUT2D eigenvalue weighted by Crippen LogP contribution is -2.40. The van der Waals surface area contributed by atoms with Gasteiger partial charge in [0.25, 0.3) is 11.5 Å². The first kappa shape index (κ1) is 16.2. The molecule has 0 aliphatic carbocycles. The topological polar surface area (TPSA) is 75.0 Å². The summed E-state index contributed by atoms with van der Waals surface area (Å²) in [6.07, 6.45) is 2.07. The second-order valence-corrected chi connectivity index (χ2v) is 5.97. The predicted octanol–water partition coefficient (Wildman–Crippen LogP) is 0.479. The van der Waals surface area contributed by atoms with Gasteiger partial charge in [-0.2, -0.15) is 0 Å². The van der Waals surface area contributed by atoms with E-state index in [1.165, 1.54) is 32.6 Å². The molecule has 0 fully saturated rings. The van der Waals surface area contributed by atoms with Crippen molar-refractivity contribution in [1.29, 1.82) is 0 Å². The lowest BCUT2D eigenvalue weighted by Gasteiger charge is -2.19. The SMILES string of the molecule is CCc1nc2sccn2c(=O)c1C(=O)N(C)CC(=O)N(C)C. The number of amides is 2. The maximum absolute atomic E-state index is 12.6. The molecule has 2 amide bonds. The zero-order valence-corrected chi connectivity index (χ0v) is 13.8. The highest BCUT2D eigenvalue weighted by molar-refractivity contribution is 7.15. The molecule has 22 heavy (non-hydrogen) atoms. The first-order valence-corrected chi connectivity index (χ1v) is 7.69. The number of hydrogen-bond acceptors (Lipinski definition) is 5. The van der Waals surface area contributed by atoms with Gasteiger partial charge in [0.2, 0.25) is 5.91 Å². The quantitative estimate of drug-likeness (QED) is 0.820. The third kappa shape index (κ3) is 2.87. The molecule has 0 unspecified atom stereocenters. The Kier molecular flexibility index (Phi) is 4.60. The zero-order chi connectivity index (χ0) is 16.4. The van der Waals surface area contributed by atoms with Crippen molar-refractivity contribution < 1.29 is 9.59 Å². The molecule has 0 saturated carbocycles. The number of fused-ring (bicyclic) bond motifs is 1. The Hall–Kier alpha value is -2.22. The van der Waals surface area contributed by atoms with Gasteiger partial charge in [0, 0.05) is 32.7 Å². The molecule has 0 saturated heterocycles. The Morgan fingerprint density at radius 1 is 1.32 bits per heavy atom. The molecule has 0 bridgehead atoms. The Morgan fingerprint density at radius 3 is 2.59 bits per heavy atom. The second kappa shape index (κ2) is 6.27. The molecule has 8 heteroatoms. The summed E-state index contributed by atoms with van der Waals surface area (Å²) >= 11 is 1.34. The highest BCUT2D eigenvalue weighted by Crippen LogP contribution is 2.12. The molecule has 0 N–H and O–H groups in total. The van der Waals surface area contributed by atoms with E-state index in [0.717, 1.165) is 0 Å². The van der Waals surface area contributed by atoms with E-state index >= 15 is 0 Å². The van der Waals surface area contributed by atoms with Crippen molar-refractivity contribution in [3.8, 4) is 0 Å². The van der Waals surface area contributed by atoms with Gasteiger partial charge in [-0.25, -0.2) is 4.98 Å². The van der Waals surface area contributed by atoms with Gasteiger partial charge < -0.3 is 9.80 Å². The van der Waals surface area contributed by atoms with Gasteiger partial charge in [-0.15, -0.1) is 11.3 Å². The Bertz CT molecular complexity index is 778. The number of aromatic nitrogens is 2. The largest absolute Gasteiger partial charge is 0.347 e. The number of carbonyl (C=O) groups excluding carboxylic acids is 2. The maximum atomic E-state index is 12.6. The van der Waals surface area contributed by atoms with Crippen molar-refractivity contribution >= 4 is 28.1 Å². The van der Waals surface area contributed by atoms with Gasteiger partial charge in [-0.1, -0.05) is 6.92 Å². The van der Waals surface area contributed by atoms with Crippen molar-refractivity contribution in [2.75, 3.05) is 27.7 Å². The number of likely N-dealkylation sites (N-methyl/N-ethyl adjacent to an activating group) is 2. The summed E-state index contributed by atoms with van der Waals surface area (Å²) in [6, 6.07) is 0. The van der Waals surface area contributed by atoms with Crippen LogP contribution in [-0.2, 0) is 11.2 Å². The molecule has 2 rings (SSSR count). The molecule has 0 radical (unpaired) electrons. The molecule has 118 valence electrons. The number of aryl methyl sites for hydroxylation is 1. The van der Waals surface area contributed by atoms with Crippen molar-refractivity contribution in [3.63, 3.8) is 0 Å². The van der Waals surface area contributed by atoms with Crippen molar-refractivity contribution in [2.45, 2.75) is 13.3 Å². The van der Waals surface area contributed by atoms with E-state index in [4.69, 9.17) is 0 Å². The highest BCUT2D eigenvalue weighted by Gasteiger charge is 2.24. The number of nitrogens with zero attached hydrogens (tertiary/aromatic N) is 4. The molecule has 0 aliphatic rings. The average Bonchev–Trinajstić information content (AvgIpc) is 2.94. The second-order valence-electron chi connectivity index (χ2n) is 5.10. The summed E-state index contributed by atoms with van der Waals surface area (Å²) in [7, 11) is 4.74. The van der Waals surface area contributed by atoms with Crippen LogP contribution < -0.4 is 5.56 Å². The highest BCUT2D eigenvalue weighted by atomic mass is 32.1. The minimum atomic E-state index is -0.481. The van der Waals surface area contributed by atoms with Crippen LogP contribution in [0.3, 0.4) is 0 Å². The lowest BCUT2D eigenvalue weighted by molar-refractivity contribution is -0.129. The monoisotopic (exact) mass is 322 g/mol. The van der Waals surface area contributed by atoms with Crippen LogP contribution >= 0.6 is 11.3 Å². The van der Waals surface area contributed by atoms with Crippen LogP contribution in [0.1, 0.15) is 23.0 Å². The van der Waals surface area contributed by atoms with E-state index in [9.17, 15) is 14.4 Å². The molecule has 2 heterocycles. The van der Waals surface area contributed by atoms with Crippen LogP contribution in [0.4, 0.5) is 0 Å². The predicted molar refractivity (Wildman–Crippen MR) is 84.4 cm³/mol. The molecule has 0 atom stereocenters. The molecular formula is C14H18N4O3S. The smallest absolute Gasteiger partial charge is 0.271 e. The minimum Gasteiger partial charge on any atom is -0.347 e. The van der Waals surface area contributed by atoms with Crippen LogP contribution in [0.15, 0.2) is 16.4 Å². The van der Waals surface area contributed by atoms with Crippen LogP contribution in [-0.4, -0.2) is 58.7 Å². The fraction of sp³-hybridized carbons (Fsp3) is 0.429. The van der Waals surface area contributed by atoms with Gasteiger partial charge in [0.15, 0.2) is 4.96 Å². The first-order valence-electron chi connectivity index (χ1n) is 6.81. The van der Waals surface area contributed by atoms with E-state index in [0.29, 0.717) is 17.1 Å². The van der Waals surface area contributed by atoms with Crippen LogP contribution in [0.2, 0.25) is 0 Å². The normalized spacial score (nSPS) is 10.7. The summed E-state index contributed by atoms with van der Waals surface area (Å²) in [4.78, 5) is 44.4. The van der Waals surface area contributed by atoms with Crippen LogP contribution in [0, 0.1) is 0 Å². The molecule has 0 aromatic carbocycles.